The molecule has 1 heterocycles. The molecular weight excluding hydrogens is 266 g/mol. The van der Waals surface area contributed by atoms with E-state index in [0.717, 1.165) is 17.1 Å². The fraction of sp³-hybridized carbons (Fsp3) is 0.625. The maximum atomic E-state index is 5.84. The molecule has 1 aromatic heterocycles. The van der Waals surface area contributed by atoms with Crippen molar-refractivity contribution in [1.29, 1.82) is 0 Å². The monoisotopic (exact) mass is 291 g/mol. The average molecular weight is 291 g/mol. The summed E-state index contributed by atoms with van der Waals surface area (Å²) in [7, 11) is 2.12. The van der Waals surface area contributed by atoms with Gasteiger partial charge in [-0.3, -0.25) is 0 Å². The predicted octanol–water partition coefficient (Wildman–Crippen LogP) is 3.43. The summed E-state index contributed by atoms with van der Waals surface area (Å²) in [4.78, 5) is 7.37. The number of nitrogens with two attached hydrogens (primary N) is 1. The minimum absolute atomic E-state index is 0.426. The van der Waals surface area contributed by atoms with E-state index >= 15 is 0 Å². The number of anilines is 1. The Morgan fingerprint density at radius 1 is 1.35 bits per heavy atom. The van der Waals surface area contributed by atoms with Gasteiger partial charge in [-0.25, -0.2) is 4.98 Å². The smallest absolute Gasteiger partial charge is 0.139 e. The van der Waals surface area contributed by atoms with E-state index in [0.29, 0.717) is 16.4 Å². The summed E-state index contributed by atoms with van der Waals surface area (Å²) in [5.41, 5.74) is 8.21. The van der Waals surface area contributed by atoms with Crippen LogP contribution < -0.4 is 10.6 Å². The van der Waals surface area contributed by atoms with Gasteiger partial charge < -0.3 is 10.6 Å². The van der Waals surface area contributed by atoms with E-state index < -0.39 is 0 Å². The van der Waals surface area contributed by atoms with Crippen molar-refractivity contribution < 1.29 is 0 Å². The summed E-state index contributed by atoms with van der Waals surface area (Å²) in [6, 6.07) is 4.49. The molecule has 20 heavy (non-hydrogen) atoms. The SMILES string of the molecule is Cc1ccc(C(N)=S)c(N(C)C2CCC(C)(C)CC2)n1. The van der Waals surface area contributed by atoms with Crippen LogP contribution in [0.5, 0.6) is 0 Å². The lowest BCUT2D eigenvalue weighted by atomic mass is 9.75. The molecule has 110 valence electrons. The molecule has 0 bridgehead atoms. The Labute approximate surface area is 127 Å². The number of nitrogens with zero attached hydrogens (tertiary/aromatic N) is 2. The first-order valence-electron chi connectivity index (χ1n) is 7.30. The number of hydrogen-bond acceptors (Lipinski definition) is 3. The van der Waals surface area contributed by atoms with Gasteiger partial charge in [0.15, 0.2) is 0 Å². The Bertz CT molecular complexity index is 500. The molecule has 1 aliphatic rings. The van der Waals surface area contributed by atoms with Gasteiger partial charge >= 0.3 is 0 Å². The maximum absolute atomic E-state index is 5.84. The standard InChI is InChI=1S/C16H25N3S/c1-11-5-6-13(14(17)20)15(18-11)19(4)12-7-9-16(2,3)10-8-12/h5-6,12H,7-10H2,1-4H3,(H2,17,20). The molecule has 1 aromatic rings. The Morgan fingerprint density at radius 3 is 2.50 bits per heavy atom. The second-order valence-electron chi connectivity index (χ2n) is 6.69. The van der Waals surface area contributed by atoms with Gasteiger partial charge in [0.1, 0.15) is 10.8 Å². The van der Waals surface area contributed by atoms with Crippen LogP contribution in [-0.2, 0) is 0 Å². The Morgan fingerprint density at radius 2 is 1.95 bits per heavy atom. The molecule has 2 N–H and O–H groups in total. The molecule has 0 amide bonds. The summed E-state index contributed by atoms with van der Waals surface area (Å²) in [5, 5.41) is 0. The molecular formula is C16H25N3S. The van der Waals surface area contributed by atoms with Crippen LogP contribution in [0.3, 0.4) is 0 Å². The molecule has 0 spiro atoms. The summed E-state index contributed by atoms with van der Waals surface area (Å²) in [5.74, 6) is 0.933. The summed E-state index contributed by atoms with van der Waals surface area (Å²) < 4.78 is 0. The fourth-order valence-corrected chi connectivity index (χ4v) is 3.11. The highest BCUT2D eigenvalue weighted by molar-refractivity contribution is 7.80. The van der Waals surface area contributed by atoms with Crippen molar-refractivity contribution in [2.24, 2.45) is 11.1 Å². The highest BCUT2D eigenvalue weighted by Gasteiger charge is 2.30. The molecule has 0 unspecified atom stereocenters. The number of rotatable bonds is 3. The van der Waals surface area contributed by atoms with Gasteiger partial charge in [-0.1, -0.05) is 26.1 Å². The van der Waals surface area contributed by atoms with Crippen LogP contribution >= 0.6 is 12.2 Å². The lowest BCUT2D eigenvalue weighted by Gasteiger charge is -2.39. The van der Waals surface area contributed by atoms with E-state index in [4.69, 9.17) is 18.0 Å². The first-order chi connectivity index (χ1) is 9.30. The summed E-state index contributed by atoms with van der Waals surface area (Å²) >= 11 is 5.16. The molecule has 2 rings (SSSR count). The molecule has 1 saturated carbocycles. The summed E-state index contributed by atoms with van der Waals surface area (Å²) in [6.45, 7) is 6.72. The van der Waals surface area contributed by atoms with Crippen LogP contribution in [0, 0.1) is 12.3 Å². The Balaban J connectivity index is 2.23. The lowest BCUT2D eigenvalue weighted by molar-refractivity contribution is 0.222. The number of hydrogen-bond donors (Lipinski definition) is 1. The fourth-order valence-electron chi connectivity index (χ4n) is 2.95. The van der Waals surface area contributed by atoms with E-state index in [-0.39, 0.29) is 0 Å². The van der Waals surface area contributed by atoms with Gasteiger partial charge in [-0.2, -0.15) is 0 Å². The zero-order valence-corrected chi connectivity index (χ0v) is 13.8. The van der Waals surface area contributed by atoms with Crippen LogP contribution in [0.2, 0.25) is 0 Å². The third-order valence-corrected chi connectivity index (χ3v) is 4.69. The quantitative estimate of drug-likeness (QED) is 0.866. The highest BCUT2D eigenvalue weighted by Crippen LogP contribution is 2.37. The molecule has 0 radical (unpaired) electrons. The van der Waals surface area contributed by atoms with E-state index in [2.05, 4.69) is 30.8 Å². The normalized spacial score (nSPS) is 18.8. The van der Waals surface area contributed by atoms with Gasteiger partial charge in [0, 0.05) is 18.8 Å². The highest BCUT2D eigenvalue weighted by atomic mass is 32.1. The zero-order valence-electron chi connectivity index (χ0n) is 12.9. The average Bonchev–Trinajstić information content (AvgIpc) is 2.37. The maximum Gasteiger partial charge on any atom is 0.139 e. The van der Waals surface area contributed by atoms with Crippen molar-refractivity contribution in [3.8, 4) is 0 Å². The van der Waals surface area contributed by atoms with Crippen molar-refractivity contribution in [3.05, 3.63) is 23.4 Å². The van der Waals surface area contributed by atoms with Crippen LogP contribution in [0.4, 0.5) is 5.82 Å². The third-order valence-electron chi connectivity index (χ3n) is 4.47. The van der Waals surface area contributed by atoms with Crippen LogP contribution in [-0.4, -0.2) is 23.1 Å². The lowest BCUT2D eigenvalue weighted by Crippen LogP contribution is -2.38. The number of pyridine rings is 1. The predicted molar refractivity (Wildman–Crippen MR) is 89.3 cm³/mol. The topological polar surface area (TPSA) is 42.1 Å². The third kappa shape index (κ3) is 3.29. The van der Waals surface area contributed by atoms with Crippen molar-refractivity contribution in [2.45, 2.75) is 52.5 Å². The van der Waals surface area contributed by atoms with Gasteiger partial charge in [-0.15, -0.1) is 0 Å². The first kappa shape index (κ1) is 15.2. The molecule has 0 atom stereocenters. The molecule has 0 saturated heterocycles. The van der Waals surface area contributed by atoms with Gasteiger partial charge in [0.2, 0.25) is 0 Å². The molecule has 3 nitrogen and oxygen atoms in total. The van der Waals surface area contributed by atoms with Crippen molar-refractivity contribution in [3.63, 3.8) is 0 Å². The largest absolute Gasteiger partial charge is 0.389 e. The van der Waals surface area contributed by atoms with Gasteiger partial charge in [-0.05, 0) is 50.2 Å². The first-order valence-corrected chi connectivity index (χ1v) is 7.71. The minimum Gasteiger partial charge on any atom is -0.389 e. The van der Waals surface area contributed by atoms with Gasteiger partial charge in [0.05, 0.1) is 5.56 Å². The second kappa shape index (κ2) is 5.68. The Hall–Kier alpha value is -1.16. The molecule has 4 heteroatoms. The Kier molecular flexibility index (Phi) is 4.33. The van der Waals surface area contributed by atoms with Gasteiger partial charge in [0.25, 0.3) is 0 Å². The van der Waals surface area contributed by atoms with Crippen LogP contribution in [0.15, 0.2) is 12.1 Å². The van der Waals surface area contributed by atoms with E-state index in [1.54, 1.807) is 0 Å². The molecule has 0 aromatic carbocycles. The number of aryl methyl sites for hydroxylation is 1. The second-order valence-corrected chi connectivity index (χ2v) is 7.13. The van der Waals surface area contributed by atoms with Crippen LogP contribution in [0.1, 0.15) is 50.8 Å². The van der Waals surface area contributed by atoms with E-state index in [9.17, 15) is 0 Å². The minimum atomic E-state index is 0.426. The molecule has 1 aliphatic carbocycles. The van der Waals surface area contributed by atoms with E-state index in [1.165, 1.54) is 25.7 Å². The van der Waals surface area contributed by atoms with Crippen molar-refractivity contribution in [1.82, 2.24) is 4.98 Å². The summed E-state index contributed by atoms with van der Waals surface area (Å²) in [6.07, 6.45) is 4.93. The number of thiocarbonyl (C=S) groups is 1. The van der Waals surface area contributed by atoms with E-state index in [1.807, 2.05) is 19.1 Å². The van der Waals surface area contributed by atoms with Crippen molar-refractivity contribution in [2.75, 3.05) is 11.9 Å². The zero-order chi connectivity index (χ0) is 14.9. The number of aromatic nitrogens is 1. The van der Waals surface area contributed by atoms with Crippen molar-refractivity contribution >= 4 is 23.0 Å². The molecule has 1 fully saturated rings. The molecule has 0 aliphatic heterocycles. The van der Waals surface area contributed by atoms with Crippen LogP contribution in [0.25, 0.3) is 0 Å².